The summed E-state index contributed by atoms with van der Waals surface area (Å²) in [5.41, 5.74) is 1.13. The summed E-state index contributed by atoms with van der Waals surface area (Å²) in [6, 6.07) is 7.69. The van der Waals surface area contributed by atoms with Crippen molar-refractivity contribution in [1.29, 1.82) is 0 Å². The molecule has 0 aliphatic carbocycles. The third-order valence-electron chi connectivity index (χ3n) is 2.40. The minimum Gasteiger partial charge on any atom is -0.459 e. The largest absolute Gasteiger partial charge is 0.459 e. The molecule has 1 aliphatic rings. The van der Waals surface area contributed by atoms with E-state index >= 15 is 0 Å². The summed E-state index contributed by atoms with van der Waals surface area (Å²) in [6.45, 7) is 0. The van der Waals surface area contributed by atoms with Crippen LogP contribution in [0.4, 0.5) is 0 Å². The predicted molar refractivity (Wildman–Crippen MR) is 64.6 cm³/mol. The second-order valence-electron chi connectivity index (χ2n) is 3.69. The van der Waals surface area contributed by atoms with Crippen LogP contribution in [0.5, 0.6) is 5.75 Å². The first-order chi connectivity index (χ1) is 8.38. The van der Waals surface area contributed by atoms with Crippen LogP contribution >= 0.6 is 0 Å². The zero-order chi connectivity index (χ0) is 11.9. The van der Waals surface area contributed by atoms with Crippen molar-refractivity contribution >= 4 is 6.29 Å². The third kappa shape index (κ3) is 3.48. The Kier molecular flexibility index (Phi) is 3.97. The second-order valence-corrected chi connectivity index (χ2v) is 3.69. The van der Waals surface area contributed by atoms with E-state index in [9.17, 15) is 4.79 Å². The van der Waals surface area contributed by atoms with E-state index in [0.717, 1.165) is 24.0 Å². The molecule has 0 fully saturated rings. The standard InChI is InChI=1S/C14H14O3/c15-10-3-4-12-6-8-13(9-7-12)17-14-5-1-2-11-16-14/h1-2,5-11,14H,3-4H2. The number of benzene rings is 1. The number of ether oxygens (including phenoxy) is 2. The van der Waals surface area contributed by atoms with Crippen LogP contribution in [0.15, 0.2) is 48.8 Å². The molecule has 0 amide bonds. The smallest absolute Gasteiger partial charge is 0.260 e. The van der Waals surface area contributed by atoms with Gasteiger partial charge in [0.25, 0.3) is 6.29 Å². The highest BCUT2D eigenvalue weighted by molar-refractivity contribution is 5.50. The van der Waals surface area contributed by atoms with Gasteiger partial charge >= 0.3 is 0 Å². The molecule has 0 spiro atoms. The predicted octanol–water partition coefficient (Wildman–Crippen LogP) is 2.62. The van der Waals surface area contributed by atoms with Gasteiger partial charge in [0.1, 0.15) is 12.0 Å². The van der Waals surface area contributed by atoms with Gasteiger partial charge in [-0.05, 0) is 36.3 Å². The van der Waals surface area contributed by atoms with Gasteiger partial charge < -0.3 is 14.3 Å². The Morgan fingerprint density at radius 1 is 1.24 bits per heavy atom. The van der Waals surface area contributed by atoms with Crippen molar-refractivity contribution in [3.8, 4) is 5.75 Å². The molecule has 3 heteroatoms. The molecular formula is C14H14O3. The maximum Gasteiger partial charge on any atom is 0.260 e. The number of hydrogen-bond donors (Lipinski definition) is 0. The molecule has 1 aliphatic heterocycles. The molecule has 1 aromatic carbocycles. The molecular weight excluding hydrogens is 216 g/mol. The van der Waals surface area contributed by atoms with E-state index in [4.69, 9.17) is 9.47 Å². The fraction of sp³-hybridized carbons (Fsp3) is 0.214. The Bertz CT molecular complexity index is 418. The quantitative estimate of drug-likeness (QED) is 0.729. The molecule has 17 heavy (non-hydrogen) atoms. The van der Waals surface area contributed by atoms with Crippen molar-refractivity contribution in [3.05, 3.63) is 54.3 Å². The molecule has 0 saturated heterocycles. The minimum atomic E-state index is -0.360. The minimum absolute atomic E-state index is 0.360. The van der Waals surface area contributed by atoms with Gasteiger partial charge in [-0.3, -0.25) is 0 Å². The van der Waals surface area contributed by atoms with E-state index in [1.54, 1.807) is 6.26 Å². The lowest BCUT2D eigenvalue weighted by atomic mass is 10.1. The van der Waals surface area contributed by atoms with Crippen LogP contribution in [0.25, 0.3) is 0 Å². The molecule has 0 bridgehead atoms. The van der Waals surface area contributed by atoms with Crippen molar-refractivity contribution in [2.75, 3.05) is 0 Å². The maximum absolute atomic E-state index is 10.3. The monoisotopic (exact) mass is 230 g/mol. The lowest BCUT2D eigenvalue weighted by Crippen LogP contribution is -2.16. The van der Waals surface area contributed by atoms with Crippen LogP contribution in [0.2, 0.25) is 0 Å². The molecule has 0 aromatic heterocycles. The van der Waals surface area contributed by atoms with Crippen molar-refractivity contribution in [2.24, 2.45) is 0 Å². The average Bonchev–Trinajstić information content (AvgIpc) is 2.39. The Morgan fingerprint density at radius 2 is 2.06 bits per heavy atom. The first kappa shape index (κ1) is 11.5. The SMILES string of the molecule is O=CCCc1ccc(OC2C=CC=CO2)cc1. The highest BCUT2D eigenvalue weighted by Crippen LogP contribution is 2.16. The van der Waals surface area contributed by atoms with Crippen molar-refractivity contribution in [3.63, 3.8) is 0 Å². The summed E-state index contributed by atoms with van der Waals surface area (Å²) in [4.78, 5) is 10.3. The van der Waals surface area contributed by atoms with E-state index in [-0.39, 0.29) is 6.29 Å². The zero-order valence-corrected chi connectivity index (χ0v) is 9.41. The van der Waals surface area contributed by atoms with Crippen LogP contribution in [-0.4, -0.2) is 12.6 Å². The van der Waals surface area contributed by atoms with Crippen LogP contribution in [0.3, 0.4) is 0 Å². The number of hydrogen-bond acceptors (Lipinski definition) is 3. The van der Waals surface area contributed by atoms with Crippen LogP contribution < -0.4 is 4.74 Å². The number of aldehydes is 1. The van der Waals surface area contributed by atoms with Crippen LogP contribution in [-0.2, 0) is 16.0 Å². The molecule has 0 saturated carbocycles. The average molecular weight is 230 g/mol. The first-order valence-electron chi connectivity index (χ1n) is 5.56. The Balaban J connectivity index is 1.91. The molecule has 1 atom stereocenters. The summed E-state index contributed by atoms with van der Waals surface area (Å²) in [5.74, 6) is 0.754. The van der Waals surface area contributed by atoms with Crippen molar-refractivity contribution < 1.29 is 14.3 Å². The van der Waals surface area contributed by atoms with Gasteiger partial charge in [0.05, 0.1) is 6.26 Å². The van der Waals surface area contributed by atoms with E-state index in [1.165, 1.54) is 0 Å². The Morgan fingerprint density at radius 3 is 2.71 bits per heavy atom. The Hall–Kier alpha value is -2.03. The molecule has 2 rings (SSSR count). The molecule has 0 radical (unpaired) electrons. The summed E-state index contributed by atoms with van der Waals surface area (Å²) in [6.07, 6.45) is 9.02. The molecule has 3 nitrogen and oxygen atoms in total. The van der Waals surface area contributed by atoms with Gasteiger partial charge in [-0.2, -0.15) is 0 Å². The molecule has 0 N–H and O–H groups in total. The van der Waals surface area contributed by atoms with E-state index in [1.807, 2.05) is 42.5 Å². The highest BCUT2D eigenvalue weighted by Gasteiger charge is 2.07. The van der Waals surface area contributed by atoms with Crippen molar-refractivity contribution in [2.45, 2.75) is 19.1 Å². The number of carbonyl (C=O) groups excluding carboxylic acids is 1. The van der Waals surface area contributed by atoms with E-state index in [0.29, 0.717) is 6.42 Å². The third-order valence-corrected chi connectivity index (χ3v) is 2.40. The second kappa shape index (κ2) is 5.89. The summed E-state index contributed by atoms with van der Waals surface area (Å²) in [5, 5.41) is 0. The van der Waals surface area contributed by atoms with Gasteiger partial charge in [0.2, 0.25) is 0 Å². The summed E-state index contributed by atoms with van der Waals surface area (Å²) < 4.78 is 10.8. The fourth-order valence-electron chi connectivity index (χ4n) is 1.53. The lowest BCUT2D eigenvalue weighted by Gasteiger charge is -2.16. The molecule has 1 aromatic rings. The van der Waals surface area contributed by atoms with Crippen LogP contribution in [0.1, 0.15) is 12.0 Å². The normalized spacial score (nSPS) is 17.5. The molecule has 1 heterocycles. The number of rotatable bonds is 5. The van der Waals surface area contributed by atoms with Gasteiger partial charge in [-0.15, -0.1) is 0 Å². The highest BCUT2D eigenvalue weighted by atomic mass is 16.7. The Labute approximate surface area is 100 Å². The van der Waals surface area contributed by atoms with Gasteiger partial charge in [-0.25, -0.2) is 0 Å². The maximum atomic E-state index is 10.3. The zero-order valence-electron chi connectivity index (χ0n) is 9.41. The molecule has 1 unspecified atom stereocenters. The van der Waals surface area contributed by atoms with Gasteiger partial charge in [0.15, 0.2) is 0 Å². The van der Waals surface area contributed by atoms with Gasteiger partial charge in [0, 0.05) is 6.42 Å². The summed E-state index contributed by atoms with van der Waals surface area (Å²) >= 11 is 0. The van der Waals surface area contributed by atoms with Crippen LogP contribution in [0, 0.1) is 0 Å². The van der Waals surface area contributed by atoms with E-state index < -0.39 is 0 Å². The number of aryl methyl sites for hydroxylation is 1. The molecule has 88 valence electrons. The van der Waals surface area contributed by atoms with Crippen molar-refractivity contribution in [1.82, 2.24) is 0 Å². The first-order valence-corrected chi connectivity index (χ1v) is 5.56. The number of carbonyl (C=O) groups is 1. The lowest BCUT2D eigenvalue weighted by molar-refractivity contribution is -0.107. The fourth-order valence-corrected chi connectivity index (χ4v) is 1.53. The topological polar surface area (TPSA) is 35.5 Å². The number of allylic oxidation sites excluding steroid dienone is 2. The van der Waals surface area contributed by atoms with Gasteiger partial charge in [-0.1, -0.05) is 18.2 Å². The van der Waals surface area contributed by atoms with E-state index in [2.05, 4.69) is 0 Å². The summed E-state index contributed by atoms with van der Waals surface area (Å²) in [7, 11) is 0.